The van der Waals surface area contributed by atoms with Crippen LogP contribution < -0.4 is 4.90 Å². The van der Waals surface area contributed by atoms with Crippen molar-refractivity contribution in [3.05, 3.63) is 41.6 Å². The summed E-state index contributed by atoms with van der Waals surface area (Å²) in [5.74, 6) is -1.24. The summed E-state index contributed by atoms with van der Waals surface area (Å²) in [7, 11) is 1.58. The predicted octanol–water partition coefficient (Wildman–Crippen LogP) is 3.32. The number of alkyl halides is 3. The van der Waals surface area contributed by atoms with Crippen molar-refractivity contribution in [1.82, 2.24) is 9.97 Å². The molecular formula is C15H14F3N3O2. The highest BCUT2D eigenvalue weighted by atomic mass is 19.4. The van der Waals surface area contributed by atoms with Crippen molar-refractivity contribution in [3.63, 3.8) is 0 Å². The van der Waals surface area contributed by atoms with Crippen LogP contribution >= 0.6 is 0 Å². The van der Waals surface area contributed by atoms with Gasteiger partial charge in [0.25, 0.3) is 0 Å². The molecular weight excluding hydrogens is 311 g/mol. The number of aromatic nitrogens is 2. The van der Waals surface area contributed by atoms with Crippen LogP contribution in [0.5, 0.6) is 0 Å². The maximum Gasteiger partial charge on any atom is 0.433 e. The first-order valence-corrected chi connectivity index (χ1v) is 6.73. The van der Waals surface area contributed by atoms with Crippen LogP contribution in [0.15, 0.2) is 30.3 Å². The fourth-order valence-electron chi connectivity index (χ4n) is 1.85. The molecule has 1 N–H and O–H groups in total. The van der Waals surface area contributed by atoms with E-state index in [4.69, 9.17) is 5.11 Å². The molecule has 0 saturated heterocycles. The number of hydrogen-bond donors (Lipinski definition) is 1. The van der Waals surface area contributed by atoms with Crippen LogP contribution in [0.4, 0.5) is 19.1 Å². The van der Waals surface area contributed by atoms with Gasteiger partial charge in [-0.1, -0.05) is 12.1 Å². The summed E-state index contributed by atoms with van der Waals surface area (Å²) in [6.07, 6.45) is -4.62. The highest BCUT2D eigenvalue weighted by Gasteiger charge is 2.34. The van der Waals surface area contributed by atoms with Crippen molar-refractivity contribution in [2.24, 2.45) is 0 Å². The Labute approximate surface area is 130 Å². The number of anilines is 1. The molecule has 8 heteroatoms. The van der Waals surface area contributed by atoms with Gasteiger partial charge in [0.05, 0.1) is 11.3 Å². The van der Waals surface area contributed by atoms with Crippen LogP contribution in [0.1, 0.15) is 23.0 Å². The Balaban J connectivity index is 2.61. The molecule has 0 aliphatic heterocycles. The normalized spacial score (nSPS) is 11.3. The fraction of sp³-hybridized carbons (Fsp3) is 0.267. The van der Waals surface area contributed by atoms with Gasteiger partial charge in [-0.05, 0) is 25.1 Å². The van der Waals surface area contributed by atoms with Gasteiger partial charge in [-0.25, -0.2) is 14.8 Å². The minimum atomic E-state index is -4.62. The van der Waals surface area contributed by atoms with E-state index in [-0.39, 0.29) is 22.8 Å². The number of aromatic carboxylic acids is 1. The van der Waals surface area contributed by atoms with Crippen molar-refractivity contribution >= 4 is 11.9 Å². The maximum atomic E-state index is 13.0. The Kier molecular flexibility index (Phi) is 4.53. The van der Waals surface area contributed by atoms with E-state index in [1.54, 1.807) is 14.0 Å². The quantitative estimate of drug-likeness (QED) is 0.934. The lowest BCUT2D eigenvalue weighted by Gasteiger charge is -2.17. The summed E-state index contributed by atoms with van der Waals surface area (Å²) in [5, 5.41) is 9.00. The highest BCUT2D eigenvalue weighted by Crippen LogP contribution is 2.31. The molecule has 0 aliphatic rings. The predicted molar refractivity (Wildman–Crippen MR) is 78.4 cm³/mol. The third kappa shape index (κ3) is 3.77. The summed E-state index contributed by atoms with van der Waals surface area (Å²) in [4.78, 5) is 20.1. The molecule has 1 aromatic carbocycles. The molecule has 0 radical (unpaired) electrons. The van der Waals surface area contributed by atoms with Crippen molar-refractivity contribution < 1.29 is 23.1 Å². The first-order valence-electron chi connectivity index (χ1n) is 6.73. The zero-order valence-corrected chi connectivity index (χ0v) is 12.4. The Bertz CT molecular complexity index is 732. The lowest BCUT2D eigenvalue weighted by molar-refractivity contribution is -0.141. The molecule has 0 saturated carbocycles. The molecule has 2 aromatic rings. The van der Waals surface area contributed by atoms with E-state index in [2.05, 4.69) is 9.97 Å². The lowest BCUT2D eigenvalue weighted by atomic mass is 10.1. The van der Waals surface area contributed by atoms with Gasteiger partial charge < -0.3 is 10.0 Å². The van der Waals surface area contributed by atoms with E-state index in [0.29, 0.717) is 6.54 Å². The van der Waals surface area contributed by atoms with Crippen LogP contribution in [0, 0.1) is 0 Å². The number of nitrogens with zero attached hydrogens (tertiary/aromatic N) is 3. The average molecular weight is 325 g/mol. The Hall–Kier alpha value is -2.64. The minimum absolute atomic E-state index is 0.0192. The largest absolute Gasteiger partial charge is 0.478 e. The zero-order chi connectivity index (χ0) is 17.2. The molecule has 1 heterocycles. The molecule has 122 valence electrons. The summed E-state index contributed by atoms with van der Waals surface area (Å²) in [5.41, 5.74) is -0.798. The molecule has 0 spiro atoms. The van der Waals surface area contributed by atoms with Crippen molar-refractivity contribution in [1.29, 1.82) is 0 Å². The first kappa shape index (κ1) is 16.7. The number of carbonyl (C=O) groups is 1. The maximum absolute atomic E-state index is 13.0. The summed E-state index contributed by atoms with van der Waals surface area (Å²) in [6.45, 7) is 2.18. The molecule has 0 atom stereocenters. The topological polar surface area (TPSA) is 66.3 Å². The third-order valence-corrected chi connectivity index (χ3v) is 3.23. The molecule has 0 bridgehead atoms. The highest BCUT2D eigenvalue weighted by molar-refractivity contribution is 5.89. The Morgan fingerprint density at radius 1 is 1.26 bits per heavy atom. The van der Waals surface area contributed by atoms with Gasteiger partial charge in [0.2, 0.25) is 5.95 Å². The van der Waals surface area contributed by atoms with Crippen molar-refractivity contribution in [2.75, 3.05) is 18.5 Å². The molecule has 5 nitrogen and oxygen atoms in total. The molecule has 1 aromatic heterocycles. The molecule has 0 fully saturated rings. The summed E-state index contributed by atoms with van der Waals surface area (Å²) < 4.78 is 39.1. The zero-order valence-electron chi connectivity index (χ0n) is 12.4. The lowest BCUT2D eigenvalue weighted by Crippen LogP contribution is -2.21. The number of rotatable bonds is 4. The molecule has 0 unspecified atom stereocenters. The van der Waals surface area contributed by atoms with Gasteiger partial charge >= 0.3 is 12.1 Å². The van der Waals surface area contributed by atoms with Crippen LogP contribution in [-0.4, -0.2) is 34.6 Å². The fourth-order valence-corrected chi connectivity index (χ4v) is 1.85. The first-order chi connectivity index (χ1) is 10.7. The van der Waals surface area contributed by atoms with Crippen molar-refractivity contribution in [3.8, 4) is 11.3 Å². The summed E-state index contributed by atoms with van der Waals surface area (Å²) in [6, 6.07) is 6.41. The van der Waals surface area contributed by atoms with Gasteiger partial charge in [-0.15, -0.1) is 0 Å². The number of carboxylic acid groups (broad SMARTS) is 1. The van der Waals surface area contributed by atoms with E-state index < -0.39 is 17.8 Å². The smallest absolute Gasteiger partial charge is 0.433 e. The number of halogens is 3. The molecule has 23 heavy (non-hydrogen) atoms. The summed E-state index contributed by atoms with van der Waals surface area (Å²) >= 11 is 0. The van der Waals surface area contributed by atoms with E-state index in [1.807, 2.05) is 0 Å². The average Bonchev–Trinajstić information content (AvgIpc) is 2.53. The molecule has 2 rings (SSSR count). The van der Waals surface area contributed by atoms with Crippen LogP contribution in [0.3, 0.4) is 0 Å². The van der Waals surface area contributed by atoms with Crippen LogP contribution in [0.2, 0.25) is 0 Å². The Morgan fingerprint density at radius 2 is 1.96 bits per heavy atom. The Morgan fingerprint density at radius 3 is 2.52 bits per heavy atom. The number of benzene rings is 1. The molecule has 0 aliphatic carbocycles. The number of hydrogen-bond acceptors (Lipinski definition) is 4. The second kappa shape index (κ2) is 6.23. The van der Waals surface area contributed by atoms with E-state index >= 15 is 0 Å². The number of carboxylic acids is 1. The third-order valence-electron chi connectivity index (χ3n) is 3.23. The van der Waals surface area contributed by atoms with E-state index in [9.17, 15) is 18.0 Å². The van der Waals surface area contributed by atoms with Gasteiger partial charge in [-0.3, -0.25) is 0 Å². The monoisotopic (exact) mass is 325 g/mol. The van der Waals surface area contributed by atoms with Gasteiger partial charge in [-0.2, -0.15) is 13.2 Å². The van der Waals surface area contributed by atoms with Crippen LogP contribution in [0.25, 0.3) is 11.3 Å². The van der Waals surface area contributed by atoms with E-state index in [1.165, 1.54) is 29.2 Å². The second-order valence-electron chi connectivity index (χ2n) is 4.84. The molecule has 0 amide bonds. The standard InChI is InChI=1S/C15H14F3N3O2/c1-3-21(2)14-19-11(8-12(20-14)15(16,17)18)9-5-4-6-10(7-9)13(22)23/h4-8H,3H2,1-2H3,(H,22,23). The SMILES string of the molecule is CCN(C)c1nc(-c2cccc(C(=O)O)c2)cc(C(F)(F)F)n1. The van der Waals surface area contributed by atoms with Crippen molar-refractivity contribution in [2.45, 2.75) is 13.1 Å². The minimum Gasteiger partial charge on any atom is -0.478 e. The van der Waals surface area contributed by atoms with Gasteiger partial charge in [0.15, 0.2) is 5.69 Å². The van der Waals surface area contributed by atoms with Gasteiger partial charge in [0, 0.05) is 19.2 Å². The second-order valence-corrected chi connectivity index (χ2v) is 4.84. The van der Waals surface area contributed by atoms with Crippen LogP contribution in [-0.2, 0) is 6.18 Å². The van der Waals surface area contributed by atoms with Gasteiger partial charge in [0.1, 0.15) is 0 Å². The van der Waals surface area contributed by atoms with E-state index in [0.717, 1.165) is 6.07 Å².